The average molecular weight is 345 g/mol. The van der Waals surface area contributed by atoms with Crippen LogP contribution < -0.4 is 9.47 Å². The lowest BCUT2D eigenvalue weighted by atomic mass is 10.1. The molecule has 1 fully saturated rings. The first-order chi connectivity index (χ1) is 11.8. The molecular weight excluding hydrogens is 322 g/mol. The monoisotopic (exact) mass is 345 g/mol. The van der Waals surface area contributed by atoms with Crippen LogP contribution in [0.1, 0.15) is 39.2 Å². The van der Waals surface area contributed by atoms with E-state index in [1.54, 1.807) is 11.0 Å². The number of carbonyl (C=O) groups is 2. The van der Waals surface area contributed by atoms with Gasteiger partial charge in [-0.3, -0.25) is 4.79 Å². The van der Waals surface area contributed by atoms with Gasteiger partial charge < -0.3 is 19.1 Å². The zero-order valence-electron chi connectivity index (χ0n) is 14.8. The zero-order chi connectivity index (χ0) is 18.0. The minimum absolute atomic E-state index is 0.189. The first-order valence-corrected chi connectivity index (χ1v) is 8.45. The summed E-state index contributed by atoms with van der Waals surface area (Å²) in [6.07, 6.45) is 4.64. The summed E-state index contributed by atoms with van der Waals surface area (Å²) in [5.74, 6) is 0.844. The van der Waals surface area contributed by atoms with Gasteiger partial charge in [-0.2, -0.15) is 0 Å². The molecule has 0 aromatic heterocycles. The molecule has 6 heteroatoms. The third-order valence-electron chi connectivity index (χ3n) is 4.03. The van der Waals surface area contributed by atoms with E-state index in [4.69, 9.17) is 14.2 Å². The number of ether oxygens (including phenoxy) is 3. The summed E-state index contributed by atoms with van der Waals surface area (Å²) in [7, 11) is 0. The van der Waals surface area contributed by atoms with Crippen molar-refractivity contribution in [2.45, 2.75) is 45.3 Å². The minimum atomic E-state index is -0.559. The van der Waals surface area contributed by atoms with Gasteiger partial charge in [-0.15, -0.1) is 0 Å². The van der Waals surface area contributed by atoms with Crippen molar-refractivity contribution in [1.29, 1.82) is 0 Å². The molecule has 0 spiro atoms. The molecule has 0 bridgehead atoms. The van der Waals surface area contributed by atoms with Crippen LogP contribution in [-0.4, -0.2) is 41.8 Å². The first kappa shape index (κ1) is 17.3. The molecule has 0 aliphatic carbocycles. The molecule has 6 nitrogen and oxygen atoms in total. The fraction of sp³-hybridized carbons (Fsp3) is 0.474. The van der Waals surface area contributed by atoms with E-state index in [1.165, 1.54) is 6.08 Å². The fourth-order valence-corrected chi connectivity index (χ4v) is 2.93. The van der Waals surface area contributed by atoms with Gasteiger partial charge in [0.1, 0.15) is 11.6 Å². The normalized spacial score (nSPS) is 19.5. The van der Waals surface area contributed by atoms with Gasteiger partial charge in [0.25, 0.3) is 0 Å². The molecule has 2 aliphatic heterocycles. The zero-order valence-corrected chi connectivity index (χ0v) is 14.8. The molecule has 1 amide bonds. The standard InChI is InChI=1S/C19H23NO5/c1-19(2,3)25-18(22)14-5-4-10-20(14)17(21)9-7-13-6-8-15-16(11-13)24-12-23-15/h6-9,11,14H,4-5,10,12H2,1-3H3/b9-7+/t14-/m0/s1. The van der Waals surface area contributed by atoms with Crippen LogP contribution >= 0.6 is 0 Å². The highest BCUT2D eigenvalue weighted by molar-refractivity contribution is 5.95. The summed E-state index contributed by atoms with van der Waals surface area (Å²) in [6.45, 7) is 6.25. The van der Waals surface area contributed by atoms with E-state index in [2.05, 4.69) is 0 Å². The van der Waals surface area contributed by atoms with E-state index in [-0.39, 0.29) is 18.7 Å². The molecule has 25 heavy (non-hydrogen) atoms. The van der Waals surface area contributed by atoms with Crippen LogP contribution in [0.4, 0.5) is 0 Å². The Morgan fingerprint density at radius 1 is 1.24 bits per heavy atom. The molecule has 1 atom stereocenters. The third kappa shape index (κ3) is 4.13. The number of fused-ring (bicyclic) bond motifs is 1. The highest BCUT2D eigenvalue weighted by Crippen LogP contribution is 2.32. The second kappa shape index (κ2) is 6.78. The van der Waals surface area contributed by atoms with Gasteiger partial charge in [-0.1, -0.05) is 6.07 Å². The Labute approximate surface area is 147 Å². The predicted octanol–water partition coefficient (Wildman–Crippen LogP) is 2.76. The SMILES string of the molecule is CC(C)(C)OC(=O)[C@@H]1CCCN1C(=O)/C=C/c1ccc2c(c1)OCO2. The van der Waals surface area contributed by atoms with Crippen LogP contribution in [0.25, 0.3) is 6.08 Å². The van der Waals surface area contributed by atoms with Crippen LogP contribution in [0, 0.1) is 0 Å². The summed E-state index contributed by atoms with van der Waals surface area (Å²) in [6, 6.07) is 4.98. The molecule has 0 radical (unpaired) electrons. The van der Waals surface area contributed by atoms with Crippen molar-refractivity contribution in [3.8, 4) is 11.5 Å². The van der Waals surface area contributed by atoms with Crippen LogP contribution in [-0.2, 0) is 14.3 Å². The van der Waals surface area contributed by atoms with Crippen molar-refractivity contribution in [2.75, 3.05) is 13.3 Å². The highest BCUT2D eigenvalue weighted by atomic mass is 16.7. The number of hydrogen-bond acceptors (Lipinski definition) is 5. The summed E-state index contributed by atoms with van der Waals surface area (Å²) < 4.78 is 16.0. The topological polar surface area (TPSA) is 65.1 Å². The third-order valence-corrected chi connectivity index (χ3v) is 4.03. The largest absolute Gasteiger partial charge is 0.458 e. The van der Waals surface area contributed by atoms with Gasteiger partial charge >= 0.3 is 5.97 Å². The second-order valence-electron chi connectivity index (χ2n) is 7.17. The van der Waals surface area contributed by atoms with Crippen molar-refractivity contribution < 1.29 is 23.8 Å². The molecule has 3 rings (SSSR count). The Morgan fingerprint density at radius 3 is 2.76 bits per heavy atom. The molecule has 1 aromatic rings. The summed E-state index contributed by atoms with van der Waals surface area (Å²) in [4.78, 5) is 26.4. The molecule has 2 heterocycles. The average Bonchev–Trinajstić information content (AvgIpc) is 3.19. The maximum Gasteiger partial charge on any atom is 0.329 e. The quantitative estimate of drug-likeness (QED) is 0.622. The molecule has 0 saturated carbocycles. The van der Waals surface area contributed by atoms with Gasteiger partial charge in [-0.25, -0.2) is 4.79 Å². The number of nitrogens with zero attached hydrogens (tertiary/aromatic N) is 1. The Morgan fingerprint density at radius 2 is 2.00 bits per heavy atom. The molecule has 1 saturated heterocycles. The van der Waals surface area contributed by atoms with Crippen LogP contribution in [0.3, 0.4) is 0 Å². The highest BCUT2D eigenvalue weighted by Gasteiger charge is 2.36. The van der Waals surface area contributed by atoms with Gasteiger partial charge in [-0.05, 0) is 57.4 Å². The van der Waals surface area contributed by atoms with Crippen LogP contribution in [0.2, 0.25) is 0 Å². The molecule has 1 aromatic carbocycles. The maximum absolute atomic E-state index is 12.5. The van der Waals surface area contributed by atoms with Gasteiger partial charge in [0.15, 0.2) is 11.5 Å². The van der Waals surface area contributed by atoms with Gasteiger partial charge in [0, 0.05) is 12.6 Å². The van der Waals surface area contributed by atoms with Gasteiger partial charge in [0.2, 0.25) is 12.7 Å². The summed E-state index contributed by atoms with van der Waals surface area (Å²) in [5.41, 5.74) is 0.280. The smallest absolute Gasteiger partial charge is 0.329 e. The Hall–Kier alpha value is -2.50. The number of benzene rings is 1. The minimum Gasteiger partial charge on any atom is -0.458 e. The lowest BCUT2D eigenvalue weighted by Crippen LogP contribution is -2.42. The van der Waals surface area contributed by atoms with Crippen molar-refractivity contribution >= 4 is 18.0 Å². The molecule has 0 N–H and O–H groups in total. The number of carbonyl (C=O) groups excluding carboxylic acids is 2. The number of rotatable bonds is 3. The number of esters is 1. The van der Waals surface area contributed by atoms with E-state index in [1.807, 2.05) is 39.0 Å². The van der Waals surface area contributed by atoms with Gasteiger partial charge in [0.05, 0.1) is 0 Å². The lowest BCUT2D eigenvalue weighted by molar-refractivity contribution is -0.162. The number of hydrogen-bond donors (Lipinski definition) is 0. The van der Waals surface area contributed by atoms with E-state index in [0.717, 1.165) is 12.0 Å². The molecule has 0 unspecified atom stereocenters. The first-order valence-electron chi connectivity index (χ1n) is 8.45. The molecule has 2 aliphatic rings. The Bertz CT molecular complexity index is 704. The van der Waals surface area contributed by atoms with E-state index in [0.29, 0.717) is 24.5 Å². The molecular formula is C19H23NO5. The van der Waals surface area contributed by atoms with Crippen molar-refractivity contribution in [3.63, 3.8) is 0 Å². The summed E-state index contributed by atoms with van der Waals surface area (Å²) in [5, 5.41) is 0. The molecule has 134 valence electrons. The van der Waals surface area contributed by atoms with Crippen LogP contribution in [0.5, 0.6) is 11.5 Å². The van der Waals surface area contributed by atoms with Crippen molar-refractivity contribution in [1.82, 2.24) is 4.90 Å². The van der Waals surface area contributed by atoms with Crippen molar-refractivity contribution in [3.05, 3.63) is 29.8 Å². The maximum atomic E-state index is 12.5. The predicted molar refractivity (Wildman–Crippen MR) is 92.2 cm³/mol. The summed E-state index contributed by atoms with van der Waals surface area (Å²) >= 11 is 0. The van der Waals surface area contributed by atoms with Crippen molar-refractivity contribution in [2.24, 2.45) is 0 Å². The fourth-order valence-electron chi connectivity index (χ4n) is 2.93. The number of likely N-dealkylation sites (tertiary alicyclic amines) is 1. The Kier molecular flexibility index (Phi) is 4.70. The van der Waals surface area contributed by atoms with E-state index < -0.39 is 11.6 Å². The second-order valence-corrected chi connectivity index (χ2v) is 7.17. The van der Waals surface area contributed by atoms with E-state index in [9.17, 15) is 9.59 Å². The number of amides is 1. The van der Waals surface area contributed by atoms with Crippen LogP contribution in [0.15, 0.2) is 24.3 Å². The lowest BCUT2D eigenvalue weighted by Gasteiger charge is -2.26. The Balaban J connectivity index is 1.66. The van der Waals surface area contributed by atoms with E-state index >= 15 is 0 Å².